The molecule has 2 rings (SSSR count). The Labute approximate surface area is 135 Å². The van der Waals surface area contributed by atoms with Crippen LogP contribution in [0.2, 0.25) is 0 Å². The molecule has 2 N–H and O–H groups in total. The van der Waals surface area contributed by atoms with Crippen molar-refractivity contribution in [1.82, 2.24) is 25.2 Å². The maximum absolute atomic E-state index is 4.40. The Kier molecular flexibility index (Phi) is 5.94. The van der Waals surface area contributed by atoms with Crippen LogP contribution >= 0.6 is 11.3 Å². The normalized spacial score (nSPS) is 12.0. The Morgan fingerprint density at radius 2 is 2.09 bits per heavy atom. The number of hydrogen-bond acceptors (Lipinski definition) is 4. The number of rotatable bonds is 6. The van der Waals surface area contributed by atoms with Gasteiger partial charge in [0.15, 0.2) is 5.96 Å². The van der Waals surface area contributed by atoms with Gasteiger partial charge in [-0.2, -0.15) is 0 Å². The van der Waals surface area contributed by atoms with Crippen molar-refractivity contribution in [2.45, 2.75) is 40.4 Å². The minimum atomic E-state index is 0.596. The van der Waals surface area contributed by atoms with Gasteiger partial charge in [0.2, 0.25) is 0 Å². The predicted molar refractivity (Wildman–Crippen MR) is 91.0 cm³/mol. The first-order chi connectivity index (χ1) is 10.6. The lowest BCUT2D eigenvalue weighted by Gasteiger charge is -2.13. The molecule has 0 aliphatic carbocycles. The molecular formula is C15H24N6S. The van der Waals surface area contributed by atoms with Gasteiger partial charge in [0.05, 0.1) is 13.1 Å². The van der Waals surface area contributed by atoms with E-state index in [-0.39, 0.29) is 0 Å². The number of aryl methyl sites for hydroxylation is 1. The highest BCUT2D eigenvalue weighted by Crippen LogP contribution is 2.10. The largest absolute Gasteiger partial charge is 0.350 e. The van der Waals surface area contributed by atoms with Crippen molar-refractivity contribution in [3.8, 4) is 0 Å². The van der Waals surface area contributed by atoms with Crippen molar-refractivity contribution in [1.29, 1.82) is 0 Å². The molecule has 0 aliphatic heterocycles. The second kappa shape index (κ2) is 7.93. The molecule has 0 aromatic carbocycles. The lowest BCUT2D eigenvalue weighted by atomic mass is 10.2. The molecule has 2 aromatic rings. The molecule has 120 valence electrons. The Morgan fingerprint density at radius 3 is 2.73 bits per heavy atom. The van der Waals surface area contributed by atoms with E-state index >= 15 is 0 Å². The molecule has 22 heavy (non-hydrogen) atoms. The van der Waals surface area contributed by atoms with E-state index in [4.69, 9.17) is 0 Å². The zero-order chi connectivity index (χ0) is 15.9. The van der Waals surface area contributed by atoms with Crippen LogP contribution in [0.15, 0.2) is 23.6 Å². The van der Waals surface area contributed by atoms with Crippen LogP contribution in [0.5, 0.6) is 0 Å². The van der Waals surface area contributed by atoms with Crippen LogP contribution < -0.4 is 10.6 Å². The standard InChI is InChI=1S/C15H24N6S/c1-11(2)10-21-6-5-17-13(21)8-19-15(16-4)20-9-14-18-7-12(3)22-14/h5-7,11H,8-10H2,1-4H3,(H2,16,19,20). The summed E-state index contributed by atoms with van der Waals surface area (Å²) in [5.41, 5.74) is 0. The molecule has 0 fully saturated rings. The summed E-state index contributed by atoms with van der Waals surface area (Å²) in [6.45, 7) is 8.76. The summed E-state index contributed by atoms with van der Waals surface area (Å²) in [4.78, 5) is 14.2. The number of aliphatic imine (C=N–C) groups is 1. The Balaban J connectivity index is 1.85. The monoisotopic (exact) mass is 320 g/mol. The van der Waals surface area contributed by atoms with E-state index in [9.17, 15) is 0 Å². The van der Waals surface area contributed by atoms with Crippen molar-refractivity contribution in [2.24, 2.45) is 10.9 Å². The van der Waals surface area contributed by atoms with Gasteiger partial charge in [-0.15, -0.1) is 11.3 Å². The first kappa shape index (κ1) is 16.5. The minimum absolute atomic E-state index is 0.596. The van der Waals surface area contributed by atoms with E-state index in [1.807, 2.05) is 18.6 Å². The molecule has 7 heteroatoms. The number of thiazole rings is 1. The van der Waals surface area contributed by atoms with E-state index in [0.29, 0.717) is 19.0 Å². The van der Waals surface area contributed by atoms with Gasteiger partial charge in [0.1, 0.15) is 10.8 Å². The molecule has 2 aromatic heterocycles. The van der Waals surface area contributed by atoms with E-state index < -0.39 is 0 Å². The summed E-state index contributed by atoms with van der Waals surface area (Å²) >= 11 is 1.69. The molecule has 0 unspecified atom stereocenters. The second-order valence-electron chi connectivity index (χ2n) is 5.53. The van der Waals surface area contributed by atoms with Crippen molar-refractivity contribution in [3.63, 3.8) is 0 Å². The quantitative estimate of drug-likeness (QED) is 0.632. The highest BCUT2D eigenvalue weighted by molar-refractivity contribution is 7.11. The first-order valence-electron chi connectivity index (χ1n) is 7.44. The first-order valence-corrected chi connectivity index (χ1v) is 8.26. The van der Waals surface area contributed by atoms with Crippen LogP contribution in [0.25, 0.3) is 0 Å². The third-order valence-electron chi connectivity index (χ3n) is 3.08. The smallest absolute Gasteiger partial charge is 0.191 e. The van der Waals surface area contributed by atoms with E-state index in [2.05, 4.69) is 50.9 Å². The van der Waals surface area contributed by atoms with E-state index in [1.54, 1.807) is 18.4 Å². The summed E-state index contributed by atoms with van der Waals surface area (Å²) in [7, 11) is 1.77. The zero-order valence-electron chi connectivity index (χ0n) is 13.6. The van der Waals surface area contributed by atoms with Crippen LogP contribution in [0.1, 0.15) is 29.6 Å². The summed E-state index contributed by atoms with van der Waals surface area (Å²) in [5, 5.41) is 7.62. The van der Waals surface area contributed by atoms with Crippen molar-refractivity contribution >= 4 is 17.3 Å². The SMILES string of the molecule is CN=C(NCc1ncc(C)s1)NCc1nccn1CC(C)C. The summed E-state index contributed by atoms with van der Waals surface area (Å²) in [6.07, 6.45) is 5.75. The zero-order valence-corrected chi connectivity index (χ0v) is 14.4. The number of imidazole rings is 1. The fourth-order valence-electron chi connectivity index (χ4n) is 2.09. The second-order valence-corrected chi connectivity index (χ2v) is 6.85. The predicted octanol–water partition coefficient (Wildman–Crippen LogP) is 2.17. The molecule has 0 atom stereocenters. The van der Waals surface area contributed by atoms with Gasteiger partial charge in [0, 0.05) is 37.1 Å². The maximum atomic E-state index is 4.40. The molecule has 6 nitrogen and oxygen atoms in total. The number of nitrogens with one attached hydrogen (secondary N) is 2. The molecule has 0 amide bonds. The topological polar surface area (TPSA) is 67.1 Å². The number of aromatic nitrogens is 3. The van der Waals surface area contributed by atoms with Crippen molar-refractivity contribution in [3.05, 3.63) is 34.3 Å². The third kappa shape index (κ3) is 4.84. The van der Waals surface area contributed by atoms with E-state index in [1.165, 1.54) is 4.88 Å². The number of hydrogen-bond donors (Lipinski definition) is 2. The highest BCUT2D eigenvalue weighted by atomic mass is 32.1. The number of guanidine groups is 1. The third-order valence-corrected chi connectivity index (χ3v) is 3.99. The fourth-order valence-corrected chi connectivity index (χ4v) is 2.82. The van der Waals surface area contributed by atoms with Crippen molar-refractivity contribution in [2.75, 3.05) is 7.05 Å². The number of nitrogens with zero attached hydrogens (tertiary/aromatic N) is 4. The molecule has 0 radical (unpaired) electrons. The lowest BCUT2D eigenvalue weighted by Crippen LogP contribution is -2.37. The average molecular weight is 320 g/mol. The Morgan fingerprint density at radius 1 is 1.32 bits per heavy atom. The molecule has 0 saturated heterocycles. The molecule has 0 spiro atoms. The molecule has 0 aliphatic rings. The average Bonchev–Trinajstić information content (AvgIpc) is 3.08. The van der Waals surface area contributed by atoms with Gasteiger partial charge in [-0.3, -0.25) is 4.99 Å². The van der Waals surface area contributed by atoms with Crippen LogP contribution in [0.3, 0.4) is 0 Å². The van der Waals surface area contributed by atoms with Gasteiger partial charge < -0.3 is 15.2 Å². The highest BCUT2D eigenvalue weighted by Gasteiger charge is 2.06. The Bertz CT molecular complexity index is 613. The van der Waals surface area contributed by atoms with Crippen LogP contribution in [0.4, 0.5) is 0 Å². The van der Waals surface area contributed by atoms with Gasteiger partial charge in [0.25, 0.3) is 0 Å². The fraction of sp³-hybridized carbons (Fsp3) is 0.533. The maximum Gasteiger partial charge on any atom is 0.191 e. The van der Waals surface area contributed by atoms with Gasteiger partial charge in [-0.25, -0.2) is 9.97 Å². The lowest BCUT2D eigenvalue weighted by molar-refractivity contribution is 0.503. The van der Waals surface area contributed by atoms with E-state index in [0.717, 1.165) is 23.3 Å². The summed E-state index contributed by atoms with van der Waals surface area (Å²) in [5.74, 6) is 2.37. The van der Waals surface area contributed by atoms with Gasteiger partial charge in [-0.1, -0.05) is 13.8 Å². The van der Waals surface area contributed by atoms with Crippen LogP contribution in [0, 0.1) is 12.8 Å². The minimum Gasteiger partial charge on any atom is -0.350 e. The van der Waals surface area contributed by atoms with Crippen molar-refractivity contribution < 1.29 is 0 Å². The molecule has 0 saturated carbocycles. The molecular weight excluding hydrogens is 296 g/mol. The molecule has 0 bridgehead atoms. The van der Waals surface area contributed by atoms with Crippen LogP contribution in [-0.4, -0.2) is 27.5 Å². The Hall–Kier alpha value is -1.89. The van der Waals surface area contributed by atoms with Gasteiger partial charge in [-0.05, 0) is 12.8 Å². The molecule has 2 heterocycles. The van der Waals surface area contributed by atoms with Gasteiger partial charge >= 0.3 is 0 Å². The summed E-state index contributed by atoms with van der Waals surface area (Å²) < 4.78 is 2.18. The van der Waals surface area contributed by atoms with Crippen LogP contribution in [-0.2, 0) is 19.6 Å². The summed E-state index contributed by atoms with van der Waals surface area (Å²) in [6, 6.07) is 0.